The van der Waals surface area contributed by atoms with Gasteiger partial charge >= 0.3 is 5.97 Å². The van der Waals surface area contributed by atoms with E-state index in [1.54, 1.807) is 6.07 Å². The number of hydrogen-bond acceptors (Lipinski definition) is 1. The Morgan fingerprint density at radius 2 is 2.00 bits per heavy atom. The Kier molecular flexibility index (Phi) is 3.67. The highest BCUT2D eigenvalue weighted by atomic mass is 19.1. The molecule has 22 heavy (non-hydrogen) atoms. The van der Waals surface area contributed by atoms with Gasteiger partial charge in [-0.05, 0) is 53.3 Å². The number of nitrogens with zero attached hydrogens (tertiary/aromatic N) is 1. The molecule has 4 heteroatoms. The number of halogens is 1. The maximum atomic E-state index is 13.2. The standard InChI is InChI=1S/C18H16FNO2/c1-12-8-16(19)5-4-15(12)11-20-7-6-14-3-2-13(9-17(14)20)10-18(21)22/h2-9H,10-11H2,1H3,(H,21,22). The molecule has 1 aromatic heterocycles. The van der Waals surface area contributed by atoms with Gasteiger partial charge in [0.25, 0.3) is 0 Å². The Labute approximate surface area is 127 Å². The number of aliphatic carboxylic acids is 1. The van der Waals surface area contributed by atoms with Crippen LogP contribution in [0.1, 0.15) is 16.7 Å². The zero-order valence-electron chi connectivity index (χ0n) is 12.2. The number of aromatic nitrogens is 1. The topological polar surface area (TPSA) is 42.2 Å². The zero-order valence-corrected chi connectivity index (χ0v) is 12.2. The Morgan fingerprint density at radius 3 is 2.73 bits per heavy atom. The predicted molar refractivity (Wildman–Crippen MR) is 83.5 cm³/mol. The summed E-state index contributed by atoms with van der Waals surface area (Å²) >= 11 is 0. The Balaban J connectivity index is 1.97. The highest BCUT2D eigenvalue weighted by molar-refractivity contribution is 5.82. The smallest absolute Gasteiger partial charge is 0.307 e. The van der Waals surface area contributed by atoms with E-state index in [0.717, 1.165) is 27.6 Å². The van der Waals surface area contributed by atoms with Crippen LogP contribution in [-0.4, -0.2) is 15.6 Å². The molecule has 0 spiro atoms. The third-order valence-corrected chi connectivity index (χ3v) is 3.84. The lowest BCUT2D eigenvalue weighted by Gasteiger charge is -2.09. The first kappa shape index (κ1) is 14.3. The molecule has 0 amide bonds. The first-order valence-electron chi connectivity index (χ1n) is 7.07. The molecule has 0 aliphatic rings. The molecular weight excluding hydrogens is 281 g/mol. The van der Waals surface area contributed by atoms with E-state index in [1.807, 2.05) is 37.4 Å². The first-order valence-corrected chi connectivity index (χ1v) is 7.07. The fourth-order valence-electron chi connectivity index (χ4n) is 2.67. The quantitative estimate of drug-likeness (QED) is 0.796. The molecule has 3 aromatic rings. The Hall–Kier alpha value is -2.62. The third-order valence-electron chi connectivity index (χ3n) is 3.84. The second-order valence-corrected chi connectivity index (χ2v) is 5.48. The van der Waals surface area contributed by atoms with E-state index in [1.165, 1.54) is 12.1 Å². The van der Waals surface area contributed by atoms with Crippen molar-refractivity contribution in [1.29, 1.82) is 0 Å². The number of fused-ring (bicyclic) bond motifs is 1. The number of rotatable bonds is 4. The van der Waals surface area contributed by atoms with Crippen molar-refractivity contribution in [2.75, 3.05) is 0 Å². The van der Waals surface area contributed by atoms with Crippen LogP contribution in [0, 0.1) is 12.7 Å². The van der Waals surface area contributed by atoms with Gasteiger partial charge in [-0.15, -0.1) is 0 Å². The van der Waals surface area contributed by atoms with E-state index in [9.17, 15) is 9.18 Å². The molecule has 112 valence electrons. The molecule has 0 fully saturated rings. The van der Waals surface area contributed by atoms with Crippen LogP contribution in [0.15, 0.2) is 48.7 Å². The molecule has 1 heterocycles. The van der Waals surface area contributed by atoms with Crippen LogP contribution in [0.2, 0.25) is 0 Å². The van der Waals surface area contributed by atoms with E-state index in [0.29, 0.717) is 6.54 Å². The SMILES string of the molecule is Cc1cc(F)ccc1Cn1ccc2ccc(CC(=O)O)cc21. The van der Waals surface area contributed by atoms with E-state index in [-0.39, 0.29) is 12.2 Å². The molecular formula is C18H16FNO2. The zero-order chi connectivity index (χ0) is 15.7. The minimum Gasteiger partial charge on any atom is -0.481 e. The van der Waals surface area contributed by atoms with Crippen molar-refractivity contribution in [2.24, 2.45) is 0 Å². The lowest BCUT2D eigenvalue weighted by Crippen LogP contribution is -2.02. The van der Waals surface area contributed by atoms with Gasteiger partial charge in [0.2, 0.25) is 0 Å². The second-order valence-electron chi connectivity index (χ2n) is 5.48. The molecule has 1 N–H and O–H groups in total. The molecule has 0 aliphatic carbocycles. The van der Waals surface area contributed by atoms with Gasteiger partial charge < -0.3 is 9.67 Å². The minimum absolute atomic E-state index is 0.0106. The maximum absolute atomic E-state index is 13.2. The van der Waals surface area contributed by atoms with Crippen LogP contribution in [0.3, 0.4) is 0 Å². The third kappa shape index (κ3) is 2.86. The highest BCUT2D eigenvalue weighted by Crippen LogP contribution is 2.21. The van der Waals surface area contributed by atoms with Crippen LogP contribution in [0.25, 0.3) is 10.9 Å². The summed E-state index contributed by atoms with van der Waals surface area (Å²) in [4.78, 5) is 10.9. The summed E-state index contributed by atoms with van der Waals surface area (Å²) in [6.45, 7) is 2.52. The van der Waals surface area contributed by atoms with Gasteiger partial charge in [-0.1, -0.05) is 18.2 Å². The van der Waals surface area contributed by atoms with Crippen LogP contribution < -0.4 is 0 Å². The maximum Gasteiger partial charge on any atom is 0.307 e. The Bertz CT molecular complexity index is 851. The van der Waals surface area contributed by atoms with Crippen LogP contribution in [-0.2, 0) is 17.8 Å². The summed E-state index contributed by atoms with van der Waals surface area (Å²) < 4.78 is 15.2. The summed E-state index contributed by atoms with van der Waals surface area (Å²) in [6.07, 6.45) is 1.98. The average molecular weight is 297 g/mol. The molecule has 3 nitrogen and oxygen atoms in total. The number of hydrogen-bond donors (Lipinski definition) is 1. The fourth-order valence-corrected chi connectivity index (χ4v) is 2.67. The minimum atomic E-state index is -0.841. The number of aryl methyl sites for hydroxylation is 1. The van der Waals surface area contributed by atoms with E-state index >= 15 is 0 Å². The van der Waals surface area contributed by atoms with Gasteiger partial charge in [0.1, 0.15) is 5.82 Å². The van der Waals surface area contributed by atoms with Gasteiger partial charge in [0, 0.05) is 18.3 Å². The molecule has 2 aromatic carbocycles. The van der Waals surface area contributed by atoms with Gasteiger partial charge in [-0.3, -0.25) is 4.79 Å². The number of benzene rings is 2. The van der Waals surface area contributed by atoms with Gasteiger partial charge in [-0.2, -0.15) is 0 Å². The number of carbonyl (C=O) groups is 1. The largest absolute Gasteiger partial charge is 0.481 e. The first-order chi connectivity index (χ1) is 10.5. The summed E-state index contributed by atoms with van der Waals surface area (Å²) in [5.74, 6) is -1.07. The molecule has 0 saturated carbocycles. The summed E-state index contributed by atoms with van der Waals surface area (Å²) in [5.41, 5.74) is 3.71. The van der Waals surface area contributed by atoms with Crippen LogP contribution >= 0.6 is 0 Å². The monoisotopic (exact) mass is 297 g/mol. The van der Waals surface area contributed by atoms with Crippen molar-refractivity contribution in [1.82, 2.24) is 4.57 Å². The normalized spacial score (nSPS) is 11.0. The van der Waals surface area contributed by atoms with Crippen molar-refractivity contribution >= 4 is 16.9 Å². The number of carboxylic acid groups (broad SMARTS) is 1. The highest BCUT2D eigenvalue weighted by Gasteiger charge is 2.07. The van der Waals surface area contributed by atoms with Crippen molar-refractivity contribution in [3.05, 3.63) is 71.2 Å². The summed E-state index contributed by atoms with van der Waals surface area (Å²) in [6, 6.07) is 12.4. The van der Waals surface area contributed by atoms with Crippen LogP contribution in [0.5, 0.6) is 0 Å². The number of carboxylic acids is 1. The van der Waals surface area contributed by atoms with E-state index < -0.39 is 5.97 Å². The predicted octanol–water partition coefficient (Wildman–Crippen LogP) is 3.76. The summed E-state index contributed by atoms with van der Waals surface area (Å²) in [7, 11) is 0. The van der Waals surface area contributed by atoms with E-state index in [4.69, 9.17) is 5.11 Å². The van der Waals surface area contributed by atoms with Gasteiger partial charge in [-0.25, -0.2) is 4.39 Å². The van der Waals surface area contributed by atoms with Crippen molar-refractivity contribution < 1.29 is 14.3 Å². The Morgan fingerprint density at radius 1 is 1.18 bits per heavy atom. The molecule has 0 radical (unpaired) electrons. The van der Waals surface area contributed by atoms with Gasteiger partial charge in [0.05, 0.1) is 6.42 Å². The second kappa shape index (κ2) is 5.64. The molecule has 0 unspecified atom stereocenters. The molecule has 0 saturated heterocycles. The molecule has 3 rings (SSSR count). The van der Waals surface area contributed by atoms with E-state index in [2.05, 4.69) is 4.57 Å². The average Bonchev–Trinajstić information content (AvgIpc) is 2.84. The molecule has 0 atom stereocenters. The lowest BCUT2D eigenvalue weighted by atomic mass is 10.1. The van der Waals surface area contributed by atoms with Crippen molar-refractivity contribution in [3.63, 3.8) is 0 Å². The van der Waals surface area contributed by atoms with Crippen molar-refractivity contribution in [3.8, 4) is 0 Å². The van der Waals surface area contributed by atoms with Crippen molar-refractivity contribution in [2.45, 2.75) is 19.9 Å². The molecule has 0 aliphatic heterocycles. The fraction of sp³-hybridized carbons (Fsp3) is 0.167. The summed E-state index contributed by atoms with van der Waals surface area (Å²) in [5, 5.41) is 9.98. The van der Waals surface area contributed by atoms with Gasteiger partial charge in [0.15, 0.2) is 0 Å². The van der Waals surface area contributed by atoms with Crippen LogP contribution in [0.4, 0.5) is 4.39 Å². The lowest BCUT2D eigenvalue weighted by molar-refractivity contribution is -0.136. The molecule has 0 bridgehead atoms.